The van der Waals surface area contributed by atoms with Crippen LogP contribution in [0.5, 0.6) is 11.5 Å². The van der Waals surface area contributed by atoms with Gasteiger partial charge in [-0.15, -0.1) is 0 Å². The molecule has 0 N–H and O–H groups in total. The number of benzene rings is 2. The van der Waals surface area contributed by atoms with E-state index in [0.29, 0.717) is 36.5 Å². The molecule has 5 nitrogen and oxygen atoms in total. The number of ether oxygens (including phenoxy) is 2. The Morgan fingerprint density at radius 2 is 2.08 bits per heavy atom. The van der Waals surface area contributed by atoms with Gasteiger partial charge in [0, 0.05) is 24.2 Å². The first-order chi connectivity index (χ1) is 12.6. The smallest absolute Gasteiger partial charge is 0.227 e. The maximum atomic E-state index is 12.6. The molecule has 1 amide bonds. The Kier molecular flexibility index (Phi) is 5.43. The zero-order chi connectivity index (χ0) is 18.5. The highest BCUT2D eigenvalue weighted by atomic mass is 16.5. The number of carbonyl (C=O) groups is 1. The molecule has 0 fully saturated rings. The summed E-state index contributed by atoms with van der Waals surface area (Å²) in [5, 5.41) is 8.93. The van der Waals surface area contributed by atoms with Crippen molar-refractivity contribution in [3.8, 4) is 17.6 Å². The summed E-state index contributed by atoms with van der Waals surface area (Å²) in [5.41, 5.74) is 2.78. The number of amides is 1. The van der Waals surface area contributed by atoms with Crippen molar-refractivity contribution in [3.05, 3.63) is 53.6 Å². The maximum absolute atomic E-state index is 12.6. The number of nitriles is 1. The van der Waals surface area contributed by atoms with Gasteiger partial charge in [-0.2, -0.15) is 5.26 Å². The maximum Gasteiger partial charge on any atom is 0.227 e. The van der Waals surface area contributed by atoms with Crippen LogP contribution in [0.4, 0.5) is 5.69 Å². The molecule has 5 heteroatoms. The van der Waals surface area contributed by atoms with Crippen molar-refractivity contribution in [2.45, 2.75) is 32.2 Å². The lowest BCUT2D eigenvalue weighted by molar-refractivity contribution is -0.119. The Labute approximate surface area is 153 Å². The second-order valence-electron chi connectivity index (χ2n) is 6.38. The summed E-state index contributed by atoms with van der Waals surface area (Å²) in [7, 11) is 1.54. The Morgan fingerprint density at radius 3 is 2.85 bits per heavy atom. The van der Waals surface area contributed by atoms with Gasteiger partial charge < -0.3 is 14.4 Å². The lowest BCUT2D eigenvalue weighted by Gasteiger charge is -2.22. The van der Waals surface area contributed by atoms with Gasteiger partial charge >= 0.3 is 0 Å². The zero-order valence-electron chi connectivity index (χ0n) is 15.1. The molecule has 0 radical (unpaired) electrons. The second-order valence-corrected chi connectivity index (χ2v) is 6.38. The van der Waals surface area contributed by atoms with Crippen LogP contribution in [0.25, 0.3) is 0 Å². The first-order valence-electron chi connectivity index (χ1n) is 8.75. The number of anilines is 1. The SMILES string of the molecule is COc1cc(C#N)ccc1OCCCC(=O)N1c2ccccc2C[C@H]1C. The van der Waals surface area contributed by atoms with Crippen LogP contribution in [-0.4, -0.2) is 25.7 Å². The Hall–Kier alpha value is -3.00. The average molecular weight is 350 g/mol. The van der Waals surface area contributed by atoms with E-state index in [2.05, 4.69) is 19.1 Å². The number of para-hydroxylation sites is 1. The van der Waals surface area contributed by atoms with Gasteiger partial charge in [0.1, 0.15) is 0 Å². The normalized spacial score (nSPS) is 15.3. The van der Waals surface area contributed by atoms with Crippen LogP contribution < -0.4 is 14.4 Å². The van der Waals surface area contributed by atoms with Crippen LogP contribution >= 0.6 is 0 Å². The minimum atomic E-state index is 0.123. The van der Waals surface area contributed by atoms with Gasteiger partial charge in [0.2, 0.25) is 5.91 Å². The molecule has 0 saturated heterocycles. The summed E-state index contributed by atoms with van der Waals surface area (Å²) in [6.07, 6.45) is 1.95. The summed E-state index contributed by atoms with van der Waals surface area (Å²) < 4.78 is 11.0. The topological polar surface area (TPSA) is 62.6 Å². The predicted octanol–water partition coefficient (Wildman–Crippen LogP) is 3.70. The number of carbonyl (C=O) groups excluding carboxylic acids is 1. The summed E-state index contributed by atoms with van der Waals surface area (Å²) in [4.78, 5) is 14.5. The third kappa shape index (κ3) is 3.65. The van der Waals surface area contributed by atoms with Crippen LogP contribution in [-0.2, 0) is 11.2 Å². The van der Waals surface area contributed by atoms with E-state index in [1.54, 1.807) is 25.3 Å². The van der Waals surface area contributed by atoms with Gasteiger partial charge in [-0.1, -0.05) is 18.2 Å². The largest absolute Gasteiger partial charge is 0.493 e. The molecule has 0 aromatic heterocycles. The van der Waals surface area contributed by atoms with Crippen LogP contribution in [0.1, 0.15) is 30.9 Å². The van der Waals surface area contributed by atoms with Crippen molar-refractivity contribution in [3.63, 3.8) is 0 Å². The number of hydrogen-bond acceptors (Lipinski definition) is 4. The van der Waals surface area contributed by atoms with Crippen LogP contribution in [0.2, 0.25) is 0 Å². The molecule has 2 aromatic carbocycles. The quantitative estimate of drug-likeness (QED) is 0.745. The molecule has 1 aliphatic heterocycles. The van der Waals surface area contributed by atoms with Crippen molar-refractivity contribution in [2.24, 2.45) is 0 Å². The number of methoxy groups -OCH3 is 1. The number of hydrogen-bond donors (Lipinski definition) is 0. The van der Waals surface area contributed by atoms with Crippen molar-refractivity contribution in [2.75, 3.05) is 18.6 Å². The molecule has 3 rings (SSSR count). The van der Waals surface area contributed by atoms with Crippen molar-refractivity contribution in [1.82, 2.24) is 0 Å². The van der Waals surface area contributed by atoms with Gasteiger partial charge in [0.05, 0.1) is 25.3 Å². The summed E-state index contributed by atoms with van der Waals surface area (Å²) in [5.74, 6) is 1.23. The molecule has 26 heavy (non-hydrogen) atoms. The van der Waals surface area contributed by atoms with Crippen LogP contribution in [0, 0.1) is 11.3 Å². The van der Waals surface area contributed by atoms with Crippen LogP contribution in [0.15, 0.2) is 42.5 Å². The summed E-state index contributed by atoms with van der Waals surface area (Å²) in [6.45, 7) is 2.49. The molecule has 1 aliphatic rings. The van der Waals surface area contributed by atoms with Gasteiger partial charge in [-0.25, -0.2) is 0 Å². The summed E-state index contributed by atoms with van der Waals surface area (Å²) >= 11 is 0. The number of nitrogens with zero attached hydrogens (tertiary/aromatic N) is 2. The van der Waals surface area contributed by atoms with E-state index in [1.165, 1.54) is 5.56 Å². The third-order valence-corrected chi connectivity index (χ3v) is 4.56. The van der Waals surface area contributed by atoms with E-state index in [9.17, 15) is 4.79 Å². The Balaban J connectivity index is 1.54. The molecule has 0 aliphatic carbocycles. The Morgan fingerprint density at radius 1 is 1.27 bits per heavy atom. The first-order valence-corrected chi connectivity index (χ1v) is 8.75. The van der Waals surface area contributed by atoms with E-state index in [-0.39, 0.29) is 11.9 Å². The van der Waals surface area contributed by atoms with Crippen molar-refractivity contribution < 1.29 is 14.3 Å². The lowest BCUT2D eigenvalue weighted by Crippen LogP contribution is -2.35. The highest BCUT2D eigenvalue weighted by molar-refractivity contribution is 5.96. The molecule has 2 aromatic rings. The van der Waals surface area contributed by atoms with E-state index in [1.807, 2.05) is 23.1 Å². The number of fused-ring (bicyclic) bond motifs is 1. The monoisotopic (exact) mass is 350 g/mol. The fraction of sp³-hybridized carbons (Fsp3) is 0.333. The second kappa shape index (κ2) is 7.92. The Bertz CT molecular complexity index is 841. The molecular formula is C21H22N2O3. The number of rotatable bonds is 6. The van der Waals surface area contributed by atoms with Crippen molar-refractivity contribution >= 4 is 11.6 Å². The standard InChI is InChI=1S/C21H22N2O3/c1-15-12-17-6-3-4-7-18(17)23(15)21(24)8-5-11-26-19-10-9-16(14-22)13-20(19)25-2/h3-4,6-7,9-10,13,15H,5,8,11-12H2,1-2H3/t15-/m1/s1. The van der Waals surface area contributed by atoms with Gasteiger partial charge in [-0.3, -0.25) is 4.79 Å². The molecule has 0 spiro atoms. The lowest BCUT2D eigenvalue weighted by atomic mass is 10.1. The molecule has 0 unspecified atom stereocenters. The van der Waals surface area contributed by atoms with E-state index in [0.717, 1.165) is 12.1 Å². The molecular weight excluding hydrogens is 328 g/mol. The van der Waals surface area contributed by atoms with E-state index < -0.39 is 0 Å². The third-order valence-electron chi connectivity index (χ3n) is 4.56. The molecule has 134 valence electrons. The molecule has 1 heterocycles. The average Bonchev–Trinajstić information content (AvgIpc) is 3.00. The fourth-order valence-electron chi connectivity index (χ4n) is 3.33. The van der Waals surface area contributed by atoms with Gasteiger partial charge in [0.15, 0.2) is 11.5 Å². The van der Waals surface area contributed by atoms with Crippen LogP contribution in [0.3, 0.4) is 0 Å². The first kappa shape index (κ1) is 17.8. The van der Waals surface area contributed by atoms with Gasteiger partial charge in [0.25, 0.3) is 0 Å². The fourth-order valence-corrected chi connectivity index (χ4v) is 3.33. The van der Waals surface area contributed by atoms with Gasteiger partial charge in [-0.05, 0) is 43.5 Å². The minimum absolute atomic E-state index is 0.123. The highest BCUT2D eigenvalue weighted by Crippen LogP contribution is 2.32. The summed E-state index contributed by atoms with van der Waals surface area (Å²) in [6, 6.07) is 15.4. The van der Waals surface area contributed by atoms with E-state index >= 15 is 0 Å². The zero-order valence-corrected chi connectivity index (χ0v) is 15.1. The minimum Gasteiger partial charge on any atom is -0.493 e. The molecule has 0 saturated carbocycles. The highest BCUT2D eigenvalue weighted by Gasteiger charge is 2.29. The van der Waals surface area contributed by atoms with Crippen molar-refractivity contribution in [1.29, 1.82) is 5.26 Å². The molecule has 0 bridgehead atoms. The molecule has 1 atom stereocenters. The predicted molar refractivity (Wildman–Crippen MR) is 99.5 cm³/mol. The van der Waals surface area contributed by atoms with E-state index in [4.69, 9.17) is 14.7 Å².